The number of benzene rings is 4. The molecule has 2 aliphatic rings. The molecule has 0 aromatic heterocycles. The number of carbonyl (C=O) groups is 1. The smallest absolute Gasteiger partial charge is 0.335 e. The average Bonchev–Trinajstić information content (AvgIpc) is 3.59. The molecule has 208 valence electrons. The van der Waals surface area contributed by atoms with Gasteiger partial charge in [-0.15, -0.1) is 0 Å². The van der Waals surface area contributed by atoms with E-state index in [1.54, 1.807) is 12.1 Å². The molecule has 1 N–H and O–H groups in total. The third kappa shape index (κ3) is 5.63. The van der Waals surface area contributed by atoms with Crippen LogP contribution in [-0.4, -0.2) is 27.9 Å². The van der Waals surface area contributed by atoms with Crippen LogP contribution in [0.2, 0.25) is 0 Å². The Morgan fingerprint density at radius 2 is 1.61 bits per heavy atom. The van der Waals surface area contributed by atoms with Crippen molar-refractivity contribution in [3.8, 4) is 0 Å². The molecule has 0 saturated heterocycles. The van der Waals surface area contributed by atoms with E-state index in [9.17, 15) is 9.90 Å². The lowest BCUT2D eigenvalue weighted by Crippen LogP contribution is -2.34. The van der Waals surface area contributed by atoms with Crippen molar-refractivity contribution >= 4 is 34.2 Å². The van der Waals surface area contributed by atoms with E-state index in [2.05, 4.69) is 90.4 Å². The highest BCUT2D eigenvalue weighted by Gasteiger charge is 2.48. The number of carboxylic acids is 1. The summed E-state index contributed by atoms with van der Waals surface area (Å²) < 4.78 is 2.58. The Kier molecular flexibility index (Phi) is 7.87. The molecule has 6 rings (SSSR count). The third-order valence-electron chi connectivity index (χ3n) is 9.32. The number of allylic oxidation sites excluding steroid dienone is 1. The van der Waals surface area contributed by atoms with Crippen molar-refractivity contribution in [3.05, 3.63) is 119 Å². The Morgan fingerprint density at radius 1 is 0.878 bits per heavy atom. The molecule has 4 aromatic rings. The molecule has 1 heterocycles. The Morgan fingerprint density at radius 3 is 2.37 bits per heavy atom. The van der Waals surface area contributed by atoms with Crippen LogP contribution in [0.4, 0.5) is 5.69 Å². The lowest BCUT2D eigenvalue weighted by atomic mass is 9.73. The number of hydrogen-bond acceptors (Lipinski definition) is 1. The normalized spacial score (nSPS) is 19.0. The molecule has 4 aromatic carbocycles. The summed E-state index contributed by atoms with van der Waals surface area (Å²) in [6.07, 6.45) is 14.8. The molecule has 0 radical (unpaired) electrons. The highest BCUT2D eigenvalue weighted by Crippen LogP contribution is 2.46. The molecular weight excluding hydrogens is 502 g/mol. The van der Waals surface area contributed by atoms with Crippen LogP contribution in [0.15, 0.2) is 97.1 Å². The van der Waals surface area contributed by atoms with Crippen LogP contribution in [0.5, 0.6) is 0 Å². The summed E-state index contributed by atoms with van der Waals surface area (Å²) in [7, 11) is 0. The summed E-state index contributed by atoms with van der Waals surface area (Å²) in [5, 5.41) is 12.0. The van der Waals surface area contributed by atoms with Crippen molar-refractivity contribution < 1.29 is 14.5 Å². The van der Waals surface area contributed by atoms with Gasteiger partial charge in [0, 0.05) is 24.1 Å². The molecule has 0 amide bonds. The van der Waals surface area contributed by atoms with Crippen LogP contribution in [-0.2, 0) is 11.8 Å². The van der Waals surface area contributed by atoms with Gasteiger partial charge in [-0.05, 0) is 71.9 Å². The summed E-state index contributed by atoms with van der Waals surface area (Å²) in [5.74, 6) is 0.0343. The predicted octanol–water partition coefficient (Wildman–Crippen LogP) is 9.21. The van der Waals surface area contributed by atoms with E-state index in [0.29, 0.717) is 5.56 Å². The van der Waals surface area contributed by atoms with Gasteiger partial charge in [-0.3, -0.25) is 0 Å². The molecule has 1 saturated carbocycles. The second-order valence-electron chi connectivity index (χ2n) is 12.1. The summed E-state index contributed by atoms with van der Waals surface area (Å²) in [5.41, 5.74) is 6.38. The highest BCUT2D eigenvalue weighted by molar-refractivity contribution is 6.09. The van der Waals surface area contributed by atoms with Gasteiger partial charge in [0.05, 0.1) is 11.0 Å². The predicted molar refractivity (Wildman–Crippen MR) is 169 cm³/mol. The first-order valence-corrected chi connectivity index (χ1v) is 15.3. The maximum absolute atomic E-state index is 11.5. The Balaban J connectivity index is 1.44. The first kappa shape index (κ1) is 27.2. The van der Waals surface area contributed by atoms with Crippen LogP contribution in [0.1, 0.15) is 78.9 Å². The fourth-order valence-corrected chi connectivity index (χ4v) is 7.23. The molecule has 1 unspecified atom stereocenters. The van der Waals surface area contributed by atoms with E-state index in [1.165, 1.54) is 78.2 Å². The van der Waals surface area contributed by atoms with Gasteiger partial charge >= 0.3 is 5.97 Å². The molecule has 41 heavy (non-hydrogen) atoms. The van der Waals surface area contributed by atoms with Crippen molar-refractivity contribution in [1.29, 1.82) is 0 Å². The van der Waals surface area contributed by atoms with Gasteiger partial charge in [0.2, 0.25) is 5.69 Å². The summed E-state index contributed by atoms with van der Waals surface area (Å²) in [4.78, 5) is 11.5. The molecule has 1 aliphatic carbocycles. The molecule has 3 heteroatoms. The molecule has 1 atom stereocenters. The van der Waals surface area contributed by atoms with Gasteiger partial charge in [-0.25, -0.2) is 4.79 Å². The number of aromatic carboxylic acids is 1. The number of unbranched alkanes of at least 4 members (excludes halogenated alkanes) is 1. The summed E-state index contributed by atoms with van der Waals surface area (Å²) >= 11 is 0. The lowest BCUT2D eigenvalue weighted by Gasteiger charge is -2.24. The van der Waals surface area contributed by atoms with Crippen molar-refractivity contribution in [3.63, 3.8) is 0 Å². The number of hydrogen-bond donors (Lipinski definition) is 1. The zero-order valence-corrected chi connectivity index (χ0v) is 24.1. The number of nitrogens with zero attached hydrogens (tertiary/aromatic N) is 1. The Bertz CT molecular complexity index is 1590. The average molecular weight is 543 g/mol. The van der Waals surface area contributed by atoms with E-state index in [4.69, 9.17) is 0 Å². The van der Waals surface area contributed by atoms with E-state index < -0.39 is 5.97 Å². The first-order valence-electron chi connectivity index (χ1n) is 15.3. The van der Waals surface area contributed by atoms with Crippen LogP contribution < -0.4 is 0 Å². The summed E-state index contributed by atoms with van der Waals surface area (Å²) in [6, 6.07) is 31.3. The number of rotatable bonds is 10. The third-order valence-corrected chi connectivity index (χ3v) is 9.32. The van der Waals surface area contributed by atoms with Crippen molar-refractivity contribution in [1.82, 2.24) is 0 Å². The van der Waals surface area contributed by atoms with Crippen molar-refractivity contribution in [2.24, 2.45) is 5.92 Å². The van der Waals surface area contributed by atoms with Gasteiger partial charge in [0.1, 0.15) is 6.54 Å². The SMILES string of the molecule is CC1(Cc2ccc(C(=O)O)cc2)C(C=Cc2ccccc2)=[N+](CCCCC2CCCC2)c2ccc3ccccc3c21. The molecule has 0 bridgehead atoms. The second kappa shape index (κ2) is 11.9. The number of carboxylic acid groups (broad SMARTS) is 1. The van der Waals surface area contributed by atoms with E-state index in [-0.39, 0.29) is 5.41 Å². The van der Waals surface area contributed by atoms with Crippen LogP contribution >= 0.6 is 0 Å². The van der Waals surface area contributed by atoms with Gasteiger partial charge < -0.3 is 5.11 Å². The van der Waals surface area contributed by atoms with Crippen LogP contribution in [0.25, 0.3) is 16.8 Å². The minimum Gasteiger partial charge on any atom is -0.478 e. The highest BCUT2D eigenvalue weighted by atomic mass is 16.4. The minimum absolute atomic E-state index is 0.280. The summed E-state index contributed by atoms with van der Waals surface area (Å²) in [6.45, 7) is 3.38. The fraction of sp³-hybridized carbons (Fsp3) is 0.316. The quantitative estimate of drug-likeness (QED) is 0.160. The zero-order chi connectivity index (χ0) is 28.2. The van der Waals surface area contributed by atoms with Crippen LogP contribution in [0.3, 0.4) is 0 Å². The monoisotopic (exact) mass is 542 g/mol. The van der Waals surface area contributed by atoms with Gasteiger partial charge in [0.15, 0.2) is 5.71 Å². The standard InChI is InChI=1S/C38H39NO2/c1-38(27-30-18-21-32(22-19-30)37(40)41)35(25-20-29-11-3-2-4-12-29)39(26-10-9-15-28-13-5-6-14-28)34-24-23-31-16-7-8-17-33(31)36(34)38/h2-4,7-8,11-12,16-25,28H,5-6,9-10,13-15,26-27H2,1H3/p+1. The van der Waals surface area contributed by atoms with Gasteiger partial charge in [0.25, 0.3) is 0 Å². The maximum atomic E-state index is 11.5. The molecular formula is C38H40NO2+. The van der Waals surface area contributed by atoms with E-state index in [0.717, 1.165) is 24.4 Å². The van der Waals surface area contributed by atoms with E-state index >= 15 is 0 Å². The molecule has 0 spiro atoms. The van der Waals surface area contributed by atoms with E-state index in [1.807, 2.05) is 12.1 Å². The fourth-order valence-electron chi connectivity index (χ4n) is 7.23. The Labute approximate surface area is 243 Å². The topological polar surface area (TPSA) is 40.3 Å². The minimum atomic E-state index is -0.887. The maximum Gasteiger partial charge on any atom is 0.335 e. The van der Waals surface area contributed by atoms with Crippen molar-refractivity contribution in [2.45, 2.75) is 63.7 Å². The largest absolute Gasteiger partial charge is 0.478 e. The lowest BCUT2D eigenvalue weighted by molar-refractivity contribution is -0.438. The van der Waals surface area contributed by atoms with Gasteiger partial charge in [-0.1, -0.05) is 98.8 Å². The zero-order valence-electron chi connectivity index (χ0n) is 24.1. The molecule has 1 fully saturated rings. The van der Waals surface area contributed by atoms with Crippen molar-refractivity contribution in [2.75, 3.05) is 6.54 Å². The Hall–Kier alpha value is -3.98. The molecule has 1 aliphatic heterocycles. The second-order valence-corrected chi connectivity index (χ2v) is 12.1. The van der Waals surface area contributed by atoms with Gasteiger partial charge in [-0.2, -0.15) is 4.58 Å². The molecule has 3 nitrogen and oxygen atoms in total. The number of fused-ring (bicyclic) bond motifs is 3. The first-order chi connectivity index (χ1) is 20.0. The van der Waals surface area contributed by atoms with Crippen LogP contribution in [0, 0.1) is 5.92 Å².